The van der Waals surface area contributed by atoms with Crippen LogP contribution in [-0.2, 0) is 6.61 Å². The maximum absolute atomic E-state index is 13.1. The topological polar surface area (TPSA) is 27.1 Å². The van der Waals surface area contributed by atoms with E-state index < -0.39 is 0 Å². The summed E-state index contributed by atoms with van der Waals surface area (Å²) < 4.78 is 20.6. The molecule has 4 heteroatoms. The van der Waals surface area contributed by atoms with Crippen LogP contribution < -0.4 is 4.74 Å². The first-order valence-corrected chi connectivity index (χ1v) is 6.70. The molecule has 0 aliphatic carbocycles. The van der Waals surface area contributed by atoms with Gasteiger partial charge in [0.2, 0.25) is 0 Å². The molecular weight excluding hydrogens is 267 g/mol. The highest BCUT2D eigenvalue weighted by atomic mass is 19.1. The molecule has 3 aromatic rings. The van der Waals surface area contributed by atoms with E-state index in [0.717, 1.165) is 17.1 Å². The smallest absolute Gasteiger partial charge is 0.126 e. The van der Waals surface area contributed by atoms with E-state index in [1.165, 1.54) is 12.1 Å². The largest absolute Gasteiger partial charge is 0.489 e. The molecule has 1 aromatic heterocycles. The van der Waals surface area contributed by atoms with Crippen LogP contribution in [0.25, 0.3) is 5.69 Å². The van der Waals surface area contributed by atoms with Crippen molar-refractivity contribution in [3.63, 3.8) is 0 Å². The molecule has 0 radical (unpaired) electrons. The van der Waals surface area contributed by atoms with Crippen LogP contribution >= 0.6 is 0 Å². The first kappa shape index (κ1) is 13.4. The molecule has 0 spiro atoms. The van der Waals surface area contributed by atoms with Gasteiger partial charge >= 0.3 is 0 Å². The Kier molecular flexibility index (Phi) is 3.69. The van der Waals surface area contributed by atoms with Gasteiger partial charge in [-0.05, 0) is 36.8 Å². The summed E-state index contributed by atoms with van der Waals surface area (Å²) in [4.78, 5) is 4.20. The van der Waals surface area contributed by atoms with Crippen molar-refractivity contribution >= 4 is 0 Å². The second-order valence-corrected chi connectivity index (χ2v) is 4.76. The molecule has 0 aliphatic heterocycles. The van der Waals surface area contributed by atoms with E-state index in [9.17, 15) is 4.39 Å². The van der Waals surface area contributed by atoms with Gasteiger partial charge in [-0.3, -0.25) is 0 Å². The molecule has 0 amide bonds. The van der Waals surface area contributed by atoms with Crippen LogP contribution in [0.3, 0.4) is 0 Å². The Morgan fingerprint density at radius 2 is 1.95 bits per heavy atom. The van der Waals surface area contributed by atoms with Crippen LogP contribution in [0.1, 0.15) is 11.4 Å². The molecule has 0 atom stereocenters. The Morgan fingerprint density at radius 3 is 2.62 bits per heavy atom. The summed E-state index contributed by atoms with van der Waals surface area (Å²) >= 11 is 0. The first-order valence-electron chi connectivity index (χ1n) is 6.70. The number of benzene rings is 2. The minimum absolute atomic E-state index is 0.293. The molecule has 1 heterocycles. The second-order valence-electron chi connectivity index (χ2n) is 4.76. The Bertz CT molecular complexity index is 735. The van der Waals surface area contributed by atoms with Crippen LogP contribution in [0.5, 0.6) is 5.75 Å². The highest BCUT2D eigenvalue weighted by molar-refractivity contribution is 5.36. The van der Waals surface area contributed by atoms with Gasteiger partial charge in [-0.15, -0.1) is 0 Å². The summed E-state index contributed by atoms with van der Waals surface area (Å²) in [6.45, 7) is 2.37. The van der Waals surface area contributed by atoms with Gasteiger partial charge in [0, 0.05) is 24.1 Å². The molecule has 2 aromatic carbocycles. The van der Waals surface area contributed by atoms with E-state index in [1.807, 2.05) is 42.0 Å². The van der Waals surface area contributed by atoms with Crippen LogP contribution in [0.4, 0.5) is 4.39 Å². The summed E-state index contributed by atoms with van der Waals surface area (Å²) in [6, 6.07) is 14.2. The molecular formula is C17H15FN2O. The lowest BCUT2D eigenvalue weighted by atomic mass is 10.2. The molecule has 3 rings (SSSR count). The second kappa shape index (κ2) is 5.79. The minimum Gasteiger partial charge on any atom is -0.489 e. The number of aryl methyl sites for hydroxylation is 1. The highest BCUT2D eigenvalue weighted by Gasteiger charge is 2.01. The van der Waals surface area contributed by atoms with Gasteiger partial charge in [-0.2, -0.15) is 0 Å². The summed E-state index contributed by atoms with van der Waals surface area (Å²) in [5.74, 6) is 1.18. The first-order chi connectivity index (χ1) is 10.2. The van der Waals surface area contributed by atoms with Crippen LogP contribution in [-0.4, -0.2) is 9.55 Å². The van der Waals surface area contributed by atoms with E-state index in [-0.39, 0.29) is 5.82 Å². The molecule has 0 saturated heterocycles. The van der Waals surface area contributed by atoms with Crippen molar-refractivity contribution in [1.29, 1.82) is 0 Å². The van der Waals surface area contributed by atoms with Crippen LogP contribution in [0.2, 0.25) is 0 Å². The van der Waals surface area contributed by atoms with Crippen molar-refractivity contribution in [2.24, 2.45) is 0 Å². The zero-order valence-electron chi connectivity index (χ0n) is 11.7. The Morgan fingerprint density at radius 1 is 1.14 bits per heavy atom. The van der Waals surface area contributed by atoms with E-state index >= 15 is 0 Å². The monoisotopic (exact) mass is 282 g/mol. The van der Waals surface area contributed by atoms with Crippen molar-refractivity contribution in [3.05, 3.63) is 78.1 Å². The van der Waals surface area contributed by atoms with E-state index in [1.54, 1.807) is 18.3 Å². The van der Waals surface area contributed by atoms with Gasteiger partial charge in [0.1, 0.15) is 24.0 Å². The molecule has 21 heavy (non-hydrogen) atoms. The van der Waals surface area contributed by atoms with Crippen LogP contribution in [0, 0.1) is 12.7 Å². The summed E-state index contributed by atoms with van der Waals surface area (Å²) in [7, 11) is 0. The Balaban J connectivity index is 1.69. The van der Waals surface area contributed by atoms with Crippen molar-refractivity contribution in [2.75, 3.05) is 0 Å². The quantitative estimate of drug-likeness (QED) is 0.725. The number of imidazole rings is 1. The predicted molar refractivity (Wildman–Crippen MR) is 79.0 cm³/mol. The summed E-state index contributed by atoms with van der Waals surface area (Å²) in [5, 5.41) is 0. The maximum atomic E-state index is 13.1. The van der Waals surface area contributed by atoms with Gasteiger partial charge < -0.3 is 9.30 Å². The van der Waals surface area contributed by atoms with Crippen molar-refractivity contribution in [1.82, 2.24) is 9.55 Å². The summed E-state index contributed by atoms with van der Waals surface area (Å²) in [5.41, 5.74) is 2.08. The zero-order valence-corrected chi connectivity index (χ0v) is 11.7. The molecule has 106 valence electrons. The molecule has 0 N–H and O–H groups in total. The predicted octanol–water partition coefficient (Wildman–Crippen LogP) is 3.90. The number of ether oxygens (including phenoxy) is 1. The van der Waals surface area contributed by atoms with Crippen LogP contribution in [0.15, 0.2) is 60.9 Å². The number of nitrogens with zero attached hydrogens (tertiary/aromatic N) is 2. The minimum atomic E-state index is -0.293. The Hall–Kier alpha value is -2.62. The number of rotatable bonds is 4. The number of aromatic nitrogens is 2. The van der Waals surface area contributed by atoms with Gasteiger partial charge in [0.25, 0.3) is 0 Å². The fourth-order valence-electron chi connectivity index (χ4n) is 2.13. The highest BCUT2D eigenvalue weighted by Crippen LogP contribution is 2.16. The fourth-order valence-corrected chi connectivity index (χ4v) is 2.13. The average Bonchev–Trinajstić information content (AvgIpc) is 2.92. The third-order valence-electron chi connectivity index (χ3n) is 3.24. The fraction of sp³-hybridized carbons (Fsp3) is 0.118. The number of halogens is 1. The van der Waals surface area contributed by atoms with E-state index in [4.69, 9.17) is 4.74 Å². The molecule has 0 saturated carbocycles. The lowest BCUT2D eigenvalue weighted by Gasteiger charge is -2.08. The maximum Gasteiger partial charge on any atom is 0.126 e. The van der Waals surface area contributed by atoms with Crippen molar-refractivity contribution in [3.8, 4) is 11.4 Å². The van der Waals surface area contributed by atoms with Gasteiger partial charge in [-0.1, -0.05) is 18.2 Å². The zero-order chi connectivity index (χ0) is 14.7. The van der Waals surface area contributed by atoms with Gasteiger partial charge in [-0.25, -0.2) is 9.37 Å². The van der Waals surface area contributed by atoms with Gasteiger partial charge in [0.05, 0.1) is 0 Å². The normalized spacial score (nSPS) is 10.6. The average molecular weight is 282 g/mol. The van der Waals surface area contributed by atoms with E-state index in [2.05, 4.69) is 4.98 Å². The van der Waals surface area contributed by atoms with Crippen molar-refractivity contribution < 1.29 is 9.13 Å². The van der Waals surface area contributed by atoms with E-state index in [0.29, 0.717) is 12.4 Å². The van der Waals surface area contributed by atoms with Crippen molar-refractivity contribution in [2.45, 2.75) is 13.5 Å². The third kappa shape index (κ3) is 3.11. The third-order valence-corrected chi connectivity index (χ3v) is 3.24. The lowest BCUT2D eigenvalue weighted by Crippen LogP contribution is -1.98. The molecule has 0 bridgehead atoms. The molecule has 3 nitrogen and oxygen atoms in total. The molecule has 0 aliphatic rings. The number of hydrogen-bond donors (Lipinski definition) is 0. The Labute approximate surface area is 122 Å². The summed E-state index contributed by atoms with van der Waals surface area (Å²) in [6.07, 6.45) is 3.70. The van der Waals surface area contributed by atoms with Gasteiger partial charge in [0.15, 0.2) is 0 Å². The number of hydrogen-bond acceptors (Lipinski definition) is 2. The molecule has 0 unspecified atom stereocenters. The lowest BCUT2D eigenvalue weighted by molar-refractivity contribution is 0.304. The standard InChI is InChI=1S/C17H15FN2O/c1-13-19-9-10-20(13)16-7-5-14(6-8-16)12-21-17-4-2-3-15(18)11-17/h2-11H,12H2,1H3. The SMILES string of the molecule is Cc1nccn1-c1ccc(COc2cccc(F)c2)cc1. The molecule has 0 fully saturated rings.